The van der Waals surface area contributed by atoms with Gasteiger partial charge in [0.15, 0.2) is 5.69 Å². The first-order chi connectivity index (χ1) is 7.96. The number of hydrogen-bond donors (Lipinski definition) is 0. The fourth-order valence-corrected chi connectivity index (χ4v) is 2.67. The number of aromatic nitrogens is 1. The SMILES string of the molecule is COC(=O)c1cc([C@H]2CCC(C)C2(C)C)on1. The zero-order valence-electron chi connectivity index (χ0n) is 10.8. The molecule has 0 aliphatic heterocycles. The average Bonchev–Trinajstić information content (AvgIpc) is 2.85. The Morgan fingerprint density at radius 1 is 1.53 bits per heavy atom. The van der Waals surface area contributed by atoms with Crippen molar-refractivity contribution in [2.45, 2.75) is 39.5 Å². The molecule has 94 valence electrons. The molecule has 4 nitrogen and oxygen atoms in total. The molecule has 1 aliphatic carbocycles. The van der Waals surface area contributed by atoms with Crippen molar-refractivity contribution < 1.29 is 14.1 Å². The maximum Gasteiger partial charge on any atom is 0.360 e. The third-order valence-corrected chi connectivity index (χ3v) is 4.32. The molecule has 1 aliphatic rings. The second-order valence-corrected chi connectivity index (χ2v) is 5.46. The highest BCUT2D eigenvalue weighted by Crippen LogP contribution is 2.52. The third-order valence-electron chi connectivity index (χ3n) is 4.32. The Hall–Kier alpha value is -1.32. The molecule has 0 amide bonds. The molecular weight excluding hydrogens is 218 g/mol. The summed E-state index contributed by atoms with van der Waals surface area (Å²) in [5, 5.41) is 3.77. The van der Waals surface area contributed by atoms with Crippen LogP contribution in [0, 0.1) is 11.3 Å². The van der Waals surface area contributed by atoms with E-state index in [0.29, 0.717) is 11.8 Å². The molecule has 1 heterocycles. The van der Waals surface area contributed by atoms with Gasteiger partial charge in [0, 0.05) is 12.0 Å². The molecule has 1 aromatic heterocycles. The van der Waals surface area contributed by atoms with E-state index in [1.807, 2.05) is 0 Å². The number of methoxy groups -OCH3 is 1. The average molecular weight is 237 g/mol. The zero-order chi connectivity index (χ0) is 12.6. The predicted molar refractivity (Wildman–Crippen MR) is 62.8 cm³/mol. The van der Waals surface area contributed by atoms with Gasteiger partial charge < -0.3 is 9.26 Å². The highest BCUT2D eigenvalue weighted by atomic mass is 16.5. The summed E-state index contributed by atoms with van der Waals surface area (Å²) in [5.74, 6) is 1.35. The topological polar surface area (TPSA) is 52.3 Å². The number of esters is 1. The summed E-state index contributed by atoms with van der Waals surface area (Å²) >= 11 is 0. The van der Waals surface area contributed by atoms with Crippen LogP contribution in [0.15, 0.2) is 10.6 Å². The Balaban J connectivity index is 2.24. The molecule has 0 aromatic carbocycles. The molecule has 0 bridgehead atoms. The van der Waals surface area contributed by atoms with Crippen LogP contribution < -0.4 is 0 Å². The standard InChI is InChI=1S/C13H19NO3/c1-8-5-6-9(13(8,2)3)11-7-10(14-17-11)12(15)16-4/h7-9H,5-6H2,1-4H3/t8?,9-/m1/s1. The molecule has 2 rings (SSSR count). The van der Waals surface area contributed by atoms with Crippen LogP contribution in [0.5, 0.6) is 0 Å². The van der Waals surface area contributed by atoms with Gasteiger partial charge in [-0.05, 0) is 24.2 Å². The molecule has 1 saturated carbocycles. The number of nitrogens with zero attached hydrogens (tertiary/aromatic N) is 1. The number of carbonyl (C=O) groups is 1. The minimum atomic E-state index is -0.441. The first-order valence-corrected chi connectivity index (χ1v) is 6.01. The van der Waals surface area contributed by atoms with Gasteiger partial charge in [-0.25, -0.2) is 4.79 Å². The van der Waals surface area contributed by atoms with Gasteiger partial charge in [-0.2, -0.15) is 0 Å². The second-order valence-electron chi connectivity index (χ2n) is 5.46. The number of ether oxygens (including phenoxy) is 1. The molecule has 2 atom stereocenters. The van der Waals surface area contributed by atoms with Crippen molar-refractivity contribution in [2.24, 2.45) is 11.3 Å². The van der Waals surface area contributed by atoms with Gasteiger partial charge in [0.1, 0.15) is 5.76 Å². The fourth-order valence-electron chi connectivity index (χ4n) is 2.67. The first-order valence-electron chi connectivity index (χ1n) is 6.01. The Morgan fingerprint density at radius 3 is 2.76 bits per heavy atom. The van der Waals surface area contributed by atoms with Crippen molar-refractivity contribution in [3.05, 3.63) is 17.5 Å². The largest absolute Gasteiger partial charge is 0.464 e. The number of hydrogen-bond acceptors (Lipinski definition) is 4. The molecule has 4 heteroatoms. The summed E-state index contributed by atoms with van der Waals surface area (Å²) in [5.41, 5.74) is 0.449. The van der Waals surface area contributed by atoms with Crippen molar-refractivity contribution in [2.75, 3.05) is 7.11 Å². The Labute approximate surface area is 101 Å². The van der Waals surface area contributed by atoms with Gasteiger partial charge in [-0.15, -0.1) is 0 Å². The summed E-state index contributed by atoms with van der Waals surface area (Å²) in [6.07, 6.45) is 2.27. The molecule has 17 heavy (non-hydrogen) atoms. The molecule has 1 fully saturated rings. The van der Waals surface area contributed by atoms with Crippen LogP contribution in [-0.4, -0.2) is 18.2 Å². The van der Waals surface area contributed by atoms with Crippen LogP contribution in [0.4, 0.5) is 0 Å². The van der Waals surface area contributed by atoms with Crippen molar-refractivity contribution in [3.63, 3.8) is 0 Å². The highest BCUT2D eigenvalue weighted by molar-refractivity contribution is 5.86. The molecule has 0 saturated heterocycles. The second kappa shape index (κ2) is 4.17. The van der Waals surface area contributed by atoms with E-state index in [0.717, 1.165) is 12.2 Å². The molecule has 1 aromatic rings. The monoisotopic (exact) mass is 237 g/mol. The fraction of sp³-hybridized carbons (Fsp3) is 0.692. The van der Waals surface area contributed by atoms with E-state index in [1.165, 1.54) is 13.5 Å². The lowest BCUT2D eigenvalue weighted by Gasteiger charge is -2.29. The number of carbonyl (C=O) groups excluding carboxylic acids is 1. The van der Waals surface area contributed by atoms with Crippen LogP contribution in [0.3, 0.4) is 0 Å². The maximum atomic E-state index is 11.3. The summed E-state index contributed by atoms with van der Waals surface area (Å²) in [6, 6.07) is 1.72. The zero-order valence-corrected chi connectivity index (χ0v) is 10.8. The van der Waals surface area contributed by atoms with Gasteiger partial charge in [0.05, 0.1) is 7.11 Å². The predicted octanol–water partition coefficient (Wildman–Crippen LogP) is 3.00. The van der Waals surface area contributed by atoms with Crippen molar-refractivity contribution >= 4 is 5.97 Å². The minimum absolute atomic E-state index is 0.187. The van der Waals surface area contributed by atoms with Crippen LogP contribution in [-0.2, 0) is 4.74 Å². The van der Waals surface area contributed by atoms with Crippen LogP contribution in [0.25, 0.3) is 0 Å². The van der Waals surface area contributed by atoms with Gasteiger partial charge in [0.2, 0.25) is 0 Å². The summed E-state index contributed by atoms with van der Waals surface area (Å²) in [6.45, 7) is 6.75. The molecule has 0 radical (unpaired) electrons. The van der Waals surface area contributed by atoms with Crippen LogP contribution in [0.2, 0.25) is 0 Å². The highest BCUT2D eigenvalue weighted by Gasteiger charge is 2.43. The summed E-state index contributed by atoms with van der Waals surface area (Å²) in [4.78, 5) is 11.3. The van der Waals surface area contributed by atoms with Crippen molar-refractivity contribution in [3.8, 4) is 0 Å². The van der Waals surface area contributed by atoms with E-state index in [1.54, 1.807) is 6.07 Å². The minimum Gasteiger partial charge on any atom is -0.464 e. The van der Waals surface area contributed by atoms with Crippen molar-refractivity contribution in [1.29, 1.82) is 0 Å². The third kappa shape index (κ3) is 1.96. The van der Waals surface area contributed by atoms with E-state index in [9.17, 15) is 4.79 Å². The smallest absolute Gasteiger partial charge is 0.360 e. The molecule has 0 N–H and O–H groups in total. The Kier molecular flexibility index (Phi) is 2.98. The first kappa shape index (κ1) is 12.1. The lowest BCUT2D eigenvalue weighted by atomic mass is 9.75. The van der Waals surface area contributed by atoms with Crippen molar-refractivity contribution in [1.82, 2.24) is 5.16 Å². The molecular formula is C13H19NO3. The van der Waals surface area contributed by atoms with E-state index in [-0.39, 0.29) is 11.1 Å². The van der Waals surface area contributed by atoms with Gasteiger partial charge in [-0.3, -0.25) is 0 Å². The maximum absolute atomic E-state index is 11.3. The summed E-state index contributed by atoms with van der Waals surface area (Å²) < 4.78 is 9.93. The van der Waals surface area contributed by atoms with E-state index in [4.69, 9.17) is 4.52 Å². The van der Waals surface area contributed by atoms with Gasteiger partial charge >= 0.3 is 5.97 Å². The Morgan fingerprint density at radius 2 is 2.24 bits per heavy atom. The van der Waals surface area contributed by atoms with E-state index in [2.05, 4.69) is 30.7 Å². The number of rotatable bonds is 2. The lowest BCUT2D eigenvalue weighted by Crippen LogP contribution is -2.21. The normalized spacial score (nSPS) is 27.1. The Bertz CT molecular complexity index is 422. The van der Waals surface area contributed by atoms with Crippen LogP contribution in [0.1, 0.15) is 55.8 Å². The van der Waals surface area contributed by atoms with Gasteiger partial charge in [0.25, 0.3) is 0 Å². The lowest BCUT2D eigenvalue weighted by molar-refractivity contribution is 0.0589. The van der Waals surface area contributed by atoms with E-state index < -0.39 is 5.97 Å². The quantitative estimate of drug-likeness (QED) is 0.742. The van der Waals surface area contributed by atoms with E-state index >= 15 is 0 Å². The molecule has 1 unspecified atom stereocenters. The molecule has 0 spiro atoms. The van der Waals surface area contributed by atoms with Gasteiger partial charge in [-0.1, -0.05) is 25.9 Å². The summed E-state index contributed by atoms with van der Waals surface area (Å²) in [7, 11) is 1.35. The van der Waals surface area contributed by atoms with Crippen LogP contribution >= 0.6 is 0 Å².